The standard InChI is InChI=1S/C12H12O2/c1-12(11(13)14)9-6-7-4-2-3-5-8(7)10(9)12/h2-5,9-10H,6H2,1H3,(H,13,14)/t9-,10-,12-/m0/s1. The van der Waals surface area contributed by atoms with Gasteiger partial charge in [-0.05, 0) is 30.4 Å². The van der Waals surface area contributed by atoms with Gasteiger partial charge in [0.2, 0.25) is 0 Å². The number of rotatable bonds is 1. The normalized spacial score (nSPS) is 37.5. The molecule has 0 unspecified atom stereocenters. The van der Waals surface area contributed by atoms with Crippen LogP contribution in [-0.4, -0.2) is 11.1 Å². The summed E-state index contributed by atoms with van der Waals surface area (Å²) in [5.74, 6) is -0.0180. The van der Waals surface area contributed by atoms with Gasteiger partial charge in [0.15, 0.2) is 0 Å². The Morgan fingerprint density at radius 1 is 1.50 bits per heavy atom. The molecule has 0 bridgehead atoms. The molecule has 72 valence electrons. The third-order valence-corrected chi connectivity index (χ3v) is 4.00. The Kier molecular flexibility index (Phi) is 1.26. The number of carbonyl (C=O) groups is 1. The fourth-order valence-corrected chi connectivity index (χ4v) is 3.02. The first-order chi connectivity index (χ1) is 6.65. The van der Waals surface area contributed by atoms with Crippen LogP contribution >= 0.6 is 0 Å². The second kappa shape index (κ2) is 2.19. The summed E-state index contributed by atoms with van der Waals surface area (Å²) in [7, 11) is 0. The van der Waals surface area contributed by atoms with E-state index in [0.717, 1.165) is 6.42 Å². The van der Waals surface area contributed by atoms with Gasteiger partial charge in [-0.15, -0.1) is 0 Å². The van der Waals surface area contributed by atoms with E-state index < -0.39 is 11.4 Å². The average molecular weight is 188 g/mol. The fourth-order valence-electron chi connectivity index (χ4n) is 3.02. The van der Waals surface area contributed by atoms with Gasteiger partial charge in [-0.3, -0.25) is 4.79 Å². The predicted molar refractivity (Wildman–Crippen MR) is 52.1 cm³/mol. The van der Waals surface area contributed by atoms with Crippen LogP contribution in [0.2, 0.25) is 0 Å². The van der Waals surface area contributed by atoms with Crippen molar-refractivity contribution >= 4 is 5.97 Å². The molecule has 0 spiro atoms. The van der Waals surface area contributed by atoms with Crippen molar-refractivity contribution < 1.29 is 9.90 Å². The van der Waals surface area contributed by atoms with Crippen molar-refractivity contribution in [1.29, 1.82) is 0 Å². The third kappa shape index (κ3) is 0.707. The highest BCUT2D eigenvalue weighted by Crippen LogP contribution is 2.70. The topological polar surface area (TPSA) is 37.3 Å². The molecule has 2 nitrogen and oxygen atoms in total. The molecule has 2 heteroatoms. The maximum atomic E-state index is 11.1. The first kappa shape index (κ1) is 8.04. The number of hydrogen-bond acceptors (Lipinski definition) is 1. The molecule has 1 aromatic carbocycles. The SMILES string of the molecule is C[C@]1(C(=O)O)[C@H]2Cc3ccccc3[C@@H]21. The molecule has 3 rings (SSSR count). The molecular weight excluding hydrogens is 176 g/mol. The van der Waals surface area contributed by atoms with Crippen molar-refractivity contribution in [1.82, 2.24) is 0 Å². The highest BCUT2D eigenvalue weighted by atomic mass is 16.4. The minimum Gasteiger partial charge on any atom is -0.481 e. The Morgan fingerprint density at radius 2 is 2.21 bits per heavy atom. The van der Waals surface area contributed by atoms with Gasteiger partial charge in [0.05, 0.1) is 5.41 Å². The van der Waals surface area contributed by atoms with E-state index in [2.05, 4.69) is 12.1 Å². The van der Waals surface area contributed by atoms with E-state index >= 15 is 0 Å². The van der Waals surface area contributed by atoms with Crippen LogP contribution in [0.1, 0.15) is 24.0 Å². The van der Waals surface area contributed by atoms with Crippen molar-refractivity contribution in [2.24, 2.45) is 11.3 Å². The molecular formula is C12H12O2. The molecule has 0 heterocycles. The molecule has 1 saturated carbocycles. The molecule has 1 fully saturated rings. The lowest BCUT2D eigenvalue weighted by molar-refractivity contribution is -0.143. The fraction of sp³-hybridized carbons (Fsp3) is 0.417. The van der Waals surface area contributed by atoms with Crippen LogP contribution in [0, 0.1) is 11.3 Å². The summed E-state index contributed by atoms with van der Waals surface area (Å²) in [6, 6.07) is 8.22. The van der Waals surface area contributed by atoms with Crippen LogP contribution in [0.5, 0.6) is 0 Å². The highest BCUT2D eigenvalue weighted by Gasteiger charge is 2.69. The molecule has 0 saturated heterocycles. The molecule has 2 aliphatic rings. The minimum absolute atomic E-state index is 0.274. The van der Waals surface area contributed by atoms with Gasteiger partial charge in [0, 0.05) is 5.92 Å². The Labute approximate surface area is 82.6 Å². The summed E-state index contributed by atoms with van der Waals surface area (Å²) in [4.78, 5) is 11.1. The largest absolute Gasteiger partial charge is 0.481 e. The van der Waals surface area contributed by atoms with Gasteiger partial charge in [-0.25, -0.2) is 0 Å². The van der Waals surface area contributed by atoms with Gasteiger partial charge in [0.25, 0.3) is 0 Å². The number of benzene rings is 1. The second-order valence-corrected chi connectivity index (χ2v) is 4.57. The van der Waals surface area contributed by atoms with Crippen molar-refractivity contribution in [3.63, 3.8) is 0 Å². The number of aliphatic carboxylic acids is 1. The Morgan fingerprint density at radius 3 is 2.93 bits per heavy atom. The van der Waals surface area contributed by atoms with E-state index in [9.17, 15) is 4.79 Å². The lowest BCUT2D eigenvalue weighted by Crippen LogP contribution is -2.17. The zero-order valence-corrected chi connectivity index (χ0v) is 8.03. The molecule has 1 aromatic rings. The van der Waals surface area contributed by atoms with Gasteiger partial charge in [-0.1, -0.05) is 24.3 Å². The monoisotopic (exact) mass is 188 g/mol. The third-order valence-electron chi connectivity index (χ3n) is 4.00. The summed E-state index contributed by atoms with van der Waals surface area (Å²) < 4.78 is 0. The minimum atomic E-state index is -0.637. The van der Waals surface area contributed by atoms with Crippen LogP contribution in [0.25, 0.3) is 0 Å². The summed E-state index contributed by atoms with van der Waals surface area (Å²) in [5, 5.41) is 9.14. The van der Waals surface area contributed by atoms with Crippen LogP contribution in [0.4, 0.5) is 0 Å². The van der Waals surface area contributed by atoms with E-state index in [1.165, 1.54) is 11.1 Å². The van der Waals surface area contributed by atoms with Gasteiger partial charge >= 0.3 is 5.97 Å². The Bertz CT molecular complexity index is 424. The molecule has 0 radical (unpaired) electrons. The molecule has 0 aliphatic heterocycles. The molecule has 0 amide bonds. The highest BCUT2D eigenvalue weighted by molar-refractivity contribution is 5.82. The van der Waals surface area contributed by atoms with Crippen molar-refractivity contribution in [3.05, 3.63) is 35.4 Å². The van der Waals surface area contributed by atoms with E-state index in [4.69, 9.17) is 5.11 Å². The lowest BCUT2D eigenvalue weighted by atomic mass is 9.93. The van der Waals surface area contributed by atoms with Gasteiger partial charge < -0.3 is 5.11 Å². The average Bonchev–Trinajstić information content (AvgIpc) is 2.58. The van der Waals surface area contributed by atoms with Gasteiger partial charge in [-0.2, -0.15) is 0 Å². The molecule has 3 atom stereocenters. The van der Waals surface area contributed by atoms with E-state index in [1.54, 1.807) is 0 Å². The zero-order chi connectivity index (χ0) is 9.92. The van der Waals surface area contributed by atoms with E-state index in [1.807, 2.05) is 19.1 Å². The predicted octanol–water partition coefficient (Wildman–Crippen LogP) is 2.05. The number of carboxylic acids is 1. The quantitative estimate of drug-likeness (QED) is 0.732. The van der Waals surface area contributed by atoms with Crippen molar-refractivity contribution in [2.75, 3.05) is 0 Å². The van der Waals surface area contributed by atoms with E-state index in [0.29, 0.717) is 5.92 Å². The lowest BCUT2D eigenvalue weighted by Gasteiger charge is -2.11. The first-order valence-electron chi connectivity index (χ1n) is 4.97. The molecule has 0 aromatic heterocycles. The Balaban J connectivity index is 2.05. The number of carboxylic acid groups (broad SMARTS) is 1. The van der Waals surface area contributed by atoms with Crippen molar-refractivity contribution in [2.45, 2.75) is 19.3 Å². The van der Waals surface area contributed by atoms with Crippen LogP contribution < -0.4 is 0 Å². The maximum absolute atomic E-state index is 11.1. The smallest absolute Gasteiger partial charge is 0.310 e. The summed E-state index contributed by atoms with van der Waals surface area (Å²) in [6.45, 7) is 1.88. The Hall–Kier alpha value is -1.31. The zero-order valence-electron chi connectivity index (χ0n) is 8.03. The van der Waals surface area contributed by atoms with Crippen LogP contribution in [0.15, 0.2) is 24.3 Å². The van der Waals surface area contributed by atoms with Crippen LogP contribution in [-0.2, 0) is 11.2 Å². The summed E-state index contributed by atoms with van der Waals surface area (Å²) in [6.07, 6.45) is 0.948. The number of hydrogen-bond donors (Lipinski definition) is 1. The van der Waals surface area contributed by atoms with Gasteiger partial charge in [0.1, 0.15) is 0 Å². The van der Waals surface area contributed by atoms with E-state index in [-0.39, 0.29) is 5.92 Å². The van der Waals surface area contributed by atoms with Crippen LogP contribution in [0.3, 0.4) is 0 Å². The summed E-state index contributed by atoms with van der Waals surface area (Å²) >= 11 is 0. The molecule has 14 heavy (non-hydrogen) atoms. The summed E-state index contributed by atoms with van der Waals surface area (Å²) in [5.41, 5.74) is 2.14. The number of fused-ring (bicyclic) bond motifs is 3. The molecule has 2 aliphatic carbocycles. The second-order valence-electron chi connectivity index (χ2n) is 4.57. The first-order valence-corrected chi connectivity index (χ1v) is 4.97. The van der Waals surface area contributed by atoms with Crippen molar-refractivity contribution in [3.8, 4) is 0 Å². The maximum Gasteiger partial charge on any atom is 0.310 e. The molecule has 1 N–H and O–H groups in total.